The van der Waals surface area contributed by atoms with Crippen LogP contribution in [0.25, 0.3) is 11.2 Å². The van der Waals surface area contributed by atoms with Crippen LogP contribution in [0.4, 0.5) is 5.82 Å². The Labute approximate surface area is 290 Å². The zero-order valence-corrected chi connectivity index (χ0v) is 28.3. The number of methoxy groups -OCH3 is 2. The normalized spacial score (nSPS) is 19.1. The smallest absolute Gasteiger partial charge is 0.184 e. The van der Waals surface area contributed by atoms with Crippen molar-refractivity contribution in [3.05, 3.63) is 108 Å². The average molecular weight is 678 g/mol. The predicted octanol–water partition coefficient (Wildman–Crippen LogP) is 4.63. The Morgan fingerprint density at radius 3 is 2.18 bits per heavy atom. The number of nitrogens with zero attached hydrogens (tertiary/aromatic N) is 7. The number of fused-ring (bicyclic) bond motifs is 1. The highest BCUT2D eigenvalue weighted by Gasteiger charge is 2.48. The Morgan fingerprint density at radius 1 is 0.940 bits per heavy atom. The molecular formula is C37H39N7O6. The highest BCUT2D eigenvalue weighted by molar-refractivity contribution is 5.83. The van der Waals surface area contributed by atoms with Crippen molar-refractivity contribution < 1.29 is 28.8 Å². The number of benzene rings is 3. The third-order valence-electron chi connectivity index (χ3n) is 8.50. The number of aliphatic hydroxyl groups excluding tert-OH is 1. The summed E-state index contributed by atoms with van der Waals surface area (Å²) in [6.45, 7) is 0.0556. The first kappa shape index (κ1) is 34.5. The van der Waals surface area contributed by atoms with E-state index in [0.717, 1.165) is 16.7 Å². The number of aliphatic hydroxyl groups is 1. The molecule has 50 heavy (non-hydrogen) atoms. The van der Waals surface area contributed by atoms with E-state index in [-0.39, 0.29) is 19.6 Å². The van der Waals surface area contributed by atoms with Crippen molar-refractivity contribution in [2.24, 2.45) is 4.99 Å². The zero-order chi connectivity index (χ0) is 35.1. The van der Waals surface area contributed by atoms with Crippen LogP contribution >= 0.6 is 0 Å². The first-order valence-corrected chi connectivity index (χ1v) is 16.1. The molecule has 3 aromatic carbocycles. The molecule has 1 N–H and O–H groups in total. The largest absolute Gasteiger partial charge is 0.497 e. The number of imidazole rings is 1. The van der Waals surface area contributed by atoms with E-state index in [0.29, 0.717) is 28.5 Å². The maximum atomic E-state index is 11.8. The van der Waals surface area contributed by atoms with Crippen LogP contribution in [-0.4, -0.2) is 95.7 Å². The van der Waals surface area contributed by atoms with Gasteiger partial charge >= 0.3 is 0 Å². The zero-order valence-electron chi connectivity index (χ0n) is 28.3. The van der Waals surface area contributed by atoms with Gasteiger partial charge in [-0.3, -0.25) is 4.57 Å². The van der Waals surface area contributed by atoms with Gasteiger partial charge in [0.2, 0.25) is 0 Å². The molecule has 0 amide bonds. The number of nitriles is 1. The van der Waals surface area contributed by atoms with Gasteiger partial charge in [-0.05, 0) is 41.0 Å². The molecule has 4 atom stereocenters. The van der Waals surface area contributed by atoms with Gasteiger partial charge in [-0.2, -0.15) is 5.26 Å². The molecule has 1 aliphatic heterocycles. The number of hydrogen-bond acceptors (Lipinski definition) is 11. The number of rotatable bonds is 14. The maximum absolute atomic E-state index is 11.8. The molecule has 2 aromatic heterocycles. The second-order valence-corrected chi connectivity index (χ2v) is 11.8. The predicted molar refractivity (Wildman–Crippen MR) is 185 cm³/mol. The van der Waals surface area contributed by atoms with Gasteiger partial charge < -0.3 is 33.7 Å². The Kier molecular flexibility index (Phi) is 10.6. The fraction of sp³-hybridized carbons (Fsp3) is 0.324. The maximum Gasteiger partial charge on any atom is 0.184 e. The Hall–Kier alpha value is -5.39. The van der Waals surface area contributed by atoms with E-state index in [2.05, 4.69) is 26.0 Å². The molecule has 5 aromatic rings. The van der Waals surface area contributed by atoms with Gasteiger partial charge in [0.05, 0.1) is 52.6 Å². The van der Waals surface area contributed by atoms with Gasteiger partial charge in [-0.25, -0.2) is 19.9 Å². The van der Waals surface area contributed by atoms with Crippen molar-refractivity contribution in [2.75, 3.05) is 41.5 Å². The lowest BCUT2D eigenvalue weighted by Crippen LogP contribution is -2.40. The fourth-order valence-electron chi connectivity index (χ4n) is 6.07. The summed E-state index contributed by atoms with van der Waals surface area (Å²) in [7, 11) is 6.96. The number of aliphatic imine (C=N–C) groups is 1. The van der Waals surface area contributed by atoms with Crippen LogP contribution in [-0.2, 0) is 19.8 Å². The highest BCUT2D eigenvalue weighted by Crippen LogP contribution is 2.43. The van der Waals surface area contributed by atoms with E-state index < -0.39 is 30.1 Å². The Bertz CT molecular complexity index is 1880. The minimum absolute atomic E-state index is 0.0390. The van der Waals surface area contributed by atoms with Gasteiger partial charge in [0, 0.05) is 14.1 Å². The molecule has 13 nitrogen and oxygen atoms in total. The lowest BCUT2D eigenvalue weighted by atomic mass is 9.80. The highest BCUT2D eigenvalue weighted by atomic mass is 16.6. The van der Waals surface area contributed by atoms with Gasteiger partial charge in [0.25, 0.3) is 0 Å². The van der Waals surface area contributed by atoms with Gasteiger partial charge in [-0.15, -0.1) is 0 Å². The van der Waals surface area contributed by atoms with E-state index in [1.54, 1.807) is 36.4 Å². The summed E-state index contributed by atoms with van der Waals surface area (Å²) in [5.41, 5.74) is 2.32. The van der Waals surface area contributed by atoms with Crippen molar-refractivity contribution in [1.82, 2.24) is 24.4 Å². The first-order chi connectivity index (χ1) is 24.4. The minimum atomic E-state index is -1.13. The molecule has 258 valence electrons. The van der Waals surface area contributed by atoms with Gasteiger partial charge in [0.15, 0.2) is 23.2 Å². The van der Waals surface area contributed by atoms with Crippen molar-refractivity contribution in [1.29, 1.82) is 5.26 Å². The van der Waals surface area contributed by atoms with Crippen LogP contribution in [0.3, 0.4) is 0 Å². The summed E-state index contributed by atoms with van der Waals surface area (Å²) in [5.74, 6) is 1.79. The summed E-state index contributed by atoms with van der Waals surface area (Å²) in [4.78, 5) is 19.5. The SMILES string of the molecule is COc1ccc(C(OC[C@H]2O[C@@H](n3cnc4c(N=CN(C)C)ncnc43)[C@H](OCCC#N)[C@@H]2O)(c2ccccc2)c2ccc(OC)cc2)cc1. The van der Waals surface area contributed by atoms with E-state index in [9.17, 15) is 10.4 Å². The van der Waals surface area contributed by atoms with Crippen LogP contribution in [0, 0.1) is 11.3 Å². The third-order valence-corrected chi connectivity index (χ3v) is 8.50. The van der Waals surface area contributed by atoms with Crippen molar-refractivity contribution in [3.8, 4) is 17.6 Å². The van der Waals surface area contributed by atoms with Gasteiger partial charge in [0.1, 0.15) is 41.7 Å². The summed E-state index contributed by atoms with van der Waals surface area (Å²) in [5, 5.41) is 21.0. The molecule has 1 fully saturated rings. The quantitative estimate of drug-likeness (QED) is 0.0759. The summed E-state index contributed by atoms with van der Waals surface area (Å²) in [6.07, 6.45) is 1.03. The molecule has 0 unspecified atom stereocenters. The molecule has 1 aliphatic rings. The number of hydrogen-bond donors (Lipinski definition) is 1. The molecule has 6 rings (SSSR count). The standard InChI is InChI=1S/C37H39N7O6/c1-43(2)23-42-34-31-35(40-22-39-34)44(24-41-31)36-33(48-20-8-19-38)32(45)30(50-36)21-49-37(25-9-6-5-7-10-25,26-11-15-28(46-3)16-12-26)27-13-17-29(47-4)18-14-27/h5-7,9-18,22-24,30,32-33,36,45H,8,20-21H2,1-4H3/t30-,32-,33-,36-/m1/s1. The third kappa shape index (κ3) is 6.87. The van der Waals surface area contributed by atoms with E-state index in [4.69, 9.17) is 23.7 Å². The van der Waals surface area contributed by atoms with Gasteiger partial charge in [-0.1, -0.05) is 54.6 Å². The molecule has 0 radical (unpaired) electrons. The summed E-state index contributed by atoms with van der Waals surface area (Å²) in [6, 6.07) is 27.4. The minimum Gasteiger partial charge on any atom is -0.497 e. The molecular weight excluding hydrogens is 638 g/mol. The van der Waals surface area contributed by atoms with Crippen molar-refractivity contribution in [2.45, 2.75) is 36.6 Å². The van der Waals surface area contributed by atoms with Crippen LogP contribution < -0.4 is 9.47 Å². The molecule has 0 spiro atoms. The van der Waals surface area contributed by atoms with Crippen LogP contribution in [0.1, 0.15) is 29.3 Å². The number of aromatic nitrogens is 4. The summed E-state index contributed by atoms with van der Waals surface area (Å²) >= 11 is 0. The molecule has 3 heterocycles. The lowest BCUT2D eigenvalue weighted by molar-refractivity contribution is -0.0959. The average Bonchev–Trinajstić information content (AvgIpc) is 3.72. The molecule has 0 saturated carbocycles. The second-order valence-electron chi connectivity index (χ2n) is 11.8. The van der Waals surface area contributed by atoms with Crippen molar-refractivity contribution >= 4 is 23.3 Å². The van der Waals surface area contributed by atoms with Crippen molar-refractivity contribution in [3.63, 3.8) is 0 Å². The summed E-state index contributed by atoms with van der Waals surface area (Å²) < 4.78 is 32.4. The second kappa shape index (κ2) is 15.4. The molecule has 0 aliphatic carbocycles. The van der Waals surface area contributed by atoms with E-state index >= 15 is 0 Å². The number of ether oxygens (including phenoxy) is 5. The Balaban J connectivity index is 1.39. The first-order valence-electron chi connectivity index (χ1n) is 16.1. The molecule has 0 bridgehead atoms. The monoisotopic (exact) mass is 677 g/mol. The topological polar surface area (TPSA) is 149 Å². The van der Waals surface area contributed by atoms with Crippen LogP contribution in [0.15, 0.2) is 96.5 Å². The van der Waals surface area contributed by atoms with E-state index in [1.165, 1.54) is 6.33 Å². The van der Waals surface area contributed by atoms with Crippen LogP contribution in [0.5, 0.6) is 11.5 Å². The fourth-order valence-corrected chi connectivity index (χ4v) is 6.07. The molecule has 13 heteroatoms. The molecule has 1 saturated heterocycles. The van der Waals surface area contributed by atoms with E-state index in [1.807, 2.05) is 93.0 Å². The lowest BCUT2D eigenvalue weighted by Gasteiger charge is -2.37. The van der Waals surface area contributed by atoms with Crippen LogP contribution in [0.2, 0.25) is 0 Å². The Morgan fingerprint density at radius 2 is 1.58 bits per heavy atom.